The van der Waals surface area contributed by atoms with Crippen molar-refractivity contribution in [1.29, 1.82) is 0 Å². The molecule has 0 spiro atoms. The molecule has 0 radical (unpaired) electrons. The number of carbonyl (C=O) groups is 6. The molecule has 44 heavy (non-hydrogen) atoms. The Bertz CT molecular complexity index is 1140. The summed E-state index contributed by atoms with van der Waals surface area (Å²) in [6.07, 6.45) is 0. The van der Waals surface area contributed by atoms with E-state index in [1.54, 1.807) is 34.9 Å². The predicted molar refractivity (Wildman–Crippen MR) is 178 cm³/mol. The van der Waals surface area contributed by atoms with Gasteiger partial charge in [0.1, 0.15) is 34.7 Å². The topological polar surface area (TPSA) is 168 Å². The molecule has 0 fully saturated rings. The Morgan fingerprint density at radius 1 is 0.523 bits per heavy atom. The monoisotopic (exact) mass is 620 g/mol. The third kappa shape index (κ3) is 19.4. The van der Waals surface area contributed by atoms with Gasteiger partial charge in [-0.2, -0.15) is 0 Å². The molecular formula is C34H56N2O8. The van der Waals surface area contributed by atoms with Gasteiger partial charge in [-0.05, 0) is 112 Å². The second-order valence-corrected chi connectivity index (χ2v) is 10.6. The van der Waals surface area contributed by atoms with Crippen LogP contribution in [-0.4, -0.2) is 70.6 Å². The van der Waals surface area contributed by atoms with Crippen LogP contribution in [0, 0.1) is 45.4 Å². The molecule has 10 nitrogen and oxygen atoms in total. The molecule has 0 heterocycles. The Labute approximate surface area is 264 Å². The number of aliphatic carboxylic acids is 1. The molecule has 250 valence electrons. The van der Waals surface area contributed by atoms with E-state index < -0.39 is 17.8 Å². The van der Waals surface area contributed by atoms with Crippen LogP contribution in [0.4, 0.5) is 0 Å². The highest BCUT2D eigenvalue weighted by molar-refractivity contribution is 6.03. The van der Waals surface area contributed by atoms with Gasteiger partial charge in [-0.15, -0.1) is 0 Å². The van der Waals surface area contributed by atoms with Gasteiger partial charge in [-0.3, -0.25) is 38.8 Å². The summed E-state index contributed by atoms with van der Waals surface area (Å²) in [5.41, 5.74) is 7.16. The zero-order valence-corrected chi connectivity index (χ0v) is 30.0. The summed E-state index contributed by atoms with van der Waals surface area (Å²) < 4.78 is 0. The maximum absolute atomic E-state index is 10.7. The van der Waals surface area contributed by atoms with Crippen molar-refractivity contribution in [3.05, 3.63) is 27.8 Å². The summed E-state index contributed by atoms with van der Waals surface area (Å²) in [5, 5.41) is 17.5. The molecule has 0 aromatic heterocycles. The average Bonchev–Trinajstić information content (AvgIpc) is 2.93. The molecule has 1 unspecified atom stereocenters. The Morgan fingerprint density at radius 2 is 0.795 bits per heavy atom. The largest absolute Gasteiger partial charge is 0.507 e. The Hall–Kier alpha value is -3.82. The first-order valence-corrected chi connectivity index (χ1v) is 14.2. The highest BCUT2D eigenvalue weighted by Gasteiger charge is 2.16. The van der Waals surface area contributed by atoms with Crippen molar-refractivity contribution in [2.24, 2.45) is 27.7 Å². The number of phenolic OH excluding ortho intramolecular Hbond substituents is 1. The Balaban J connectivity index is -0.000000242. The van der Waals surface area contributed by atoms with Crippen LogP contribution >= 0.6 is 0 Å². The third-order valence-electron chi connectivity index (χ3n) is 7.38. The summed E-state index contributed by atoms with van der Waals surface area (Å²) in [4.78, 5) is 69.2. The number of hydrogen-bond donors (Lipinski definition) is 2. The van der Waals surface area contributed by atoms with Crippen molar-refractivity contribution >= 4 is 46.3 Å². The van der Waals surface area contributed by atoms with Gasteiger partial charge in [-0.1, -0.05) is 6.92 Å². The van der Waals surface area contributed by atoms with Crippen LogP contribution in [-0.2, 0) is 28.8 Å². The summed E-state index contributed by atoms with van der Waals surface area (Å²) in [5.74, 6) is -1.33. The standard InChI is InChI=1S/C13H19NO.C7H13NO.2C6H10O2.C2H4O2/c1-7-8(2)10(4)13(15)12(9(7)3)11(5)14-6;1-5(7(3)9)6(2)8-4;2*1-4(5(2)7)6(3)8;1-2(3)4/h15H,1-6H3;5H,1-4H3;2*4H,1-3H3;1H3,(H,3,4). The number of nitrogens with zero attached hydrogens (tertiary/aromatic N) is 2. The molecule has 0 saturated heterocycles. The molecule has 0 aliphatic heterocycles. The molecule has 1 aromatic carbocycles. The van der Waals surface area contributed by atoms with E-state index in [-0.39, 0.29) is 34.8 Å². The van der Waals surface area contributed by atoms with Crippen molar-refractivity contribution in [2.45, 2.75) is 104 Å². The highest BCUT2D eigenvalue weighted by Crippen LogP contribution is 2.32. The smallest absolute Gasteiger partial charge is 0.300 e. The first-order chi connectivity index (χ1) is 19.8. The third-order valence-corrected chi connectivity index (χ3v) is 7.38. The molecule has 1 atom stereocenters. The lowest BCUT2D eigenvalue weighted by molar-refractivity contribution is -0.134. The second-order valence-electron chi connectivity index (χ2n) is 10.6. The lowest BCUT2D eigenvalue weighted by Crippen LogP contribution is -2.15. The van der Waals surface area contributed by atoms with Gasteiger partial charge in [0.15, 0.2) is 0 Å². The van der Waals surface area contributed by atoms with E-state index in [9.17, 15) is 29.1 Å². The number of rotatable bonds is 7. The van der Waals surface area contributed by atoms with Gasteiger partial charge >= 0.3 is 0 Å². The fourth-order valence-corrected chi connectivity index (χ4v) is 2.91. The van der Waals surface area contributed by atoms with Crippen molar-refractivity contribution < 1.29 is 39.0 Å². The first kappa shape index (κ1) is 47.1. The number of aromatic hydroxyl groups is 1. The normalized spacial score (nSPS) is 11.2. The van der Waals surface area contributed by atoms with Crippen LogP contribution in [0.1, 0.15) is 104 Å². The zero-order valence-electron chi connectivity index (χ0n) is 30.0. The van der Waals surface area contributed by atoms with Gasteiger partial charge in [-0.25, -0.2) is 0 Å². The summed E-state index contributed by atoms with van der Waals surface area (Å²) in [7, 11) is 3.45. The number of hydrogen-bond acceptors (Lipinski definition) is 9. The summed E-state index contributed by atoms with van der Waals surface area (Å²) in [6, 6.07) is 0. The van der Waals surface area contributed by atoms with Crippen molar-refractivity contribution in [3.63, 3.8) is 0 Å². The summed E-state index contributed by atoms with van der Waals surface area (Å²) in [6.45, 7) is 25.4. The van der Waals surface area contributed by atoms with Crippen molar-refractivity contribution in [1.82, 2.24) is 0 Å². The predicted octanol–water partition coefficient (Wildman–Crippen LogP) is 6.06. The number of Topliss-reactive ketones (excluding diaryl/α,β-unsaturated/α-hetero) is 5. The maximum Gasteiger partial charge on any atom is 0.300 e. The average molecular weight is 621 g/mol. The number of carbonyl (C=O) groups excluding carboxylic acids is 5. The van der Waals surface area contributed by atoms with E-state index in [1.165, 1.54) is 33.3 Å². The van der Waals surface area contributed by atoms with Gasteiger partial charge in [0.25, 0.3) is 5.97 Å². The van der Waals surface area contributed by atoms with Crippen LogP contribution < -0.4 is 0 Å². The van der Waals surface area contributed by atoms with Gasteiger partial charge in [0.05, 0.1) is 17.8 Å². The van der Waals surface area contributed by atoms with E-state index >= 15 is 0 Å². The fraction of sp³-hybridized carbons (Fsp3) is 0.588. The Morgan fingerprint density at radius 3 is 0.977 bits per heavy atom. The molecular weight excluding hydrogens is 564 g/mol. The van der Waals surface area contributed by atoms with E-state index in [2.05, 4.69) is 16.9 Å². The number of benzene rings is 1. The quantitative estimate of drug-likeness (QED) is 0.274. The van der Waals surface area contributed by atoms with Crippen molar-refractivity contribution in [2.75, 3.05) is 14.1 Å². The molecule has 0 saturated carbocycles. The molecule has 1 aromatic rings. The van der Waals surface area contributed by atoms with Gasteiger partial charge in [0, 0.05) is 38.0 Å². The first-order valence-electron chi connectivity index (χ1n) is 14.2. The van der Waals surface area contributed by atoms with Gasteiger partial charge < -0.3 is 10.2 Å². The van der Waals surface area contributed by atoms with Crippen LogP contribution in [0.5, 0.6) is 5.75 Å². The Kier molecular flexibility index (Phi) is 25.3. The number of carboxylic acid groups (broad SMARTS) is 1. The number of phenols is 1. The minimum atomic E-state index is -0.833. The van der Waals surface area contributed by atoms with Crippen molar-refractivity contribution in [3.8, 4) is 5.75 Å². The van der Waals surface area contributed by atoms with Crippen LogP contribution in [0.3, 0.4) is 0 Å². The summed E-state index contributed by atoms with van der Waals surface area (Å²) >= 11 is 0. The molecule has 10 heteroatoms. The van der Waals surface area contributed by atoms with E-state index in [1.807, 2.05) is 41.5 Å². The minimum absolute atomic E-state index is 0.00463. The number of ketones is 5. The number of aliphatic imine (C=N–C) groups is 2. The van der Waals surface area contributed by atoms with E-state index in [0.29, 0.717) is 5.75 Å². The SMILES string of the molecule is CC(=O)C(C)C(C)=O.CC(=O)C(C)C(C)=O.CC(=O)O.CN=C(C)C(C)C(C)=O.CN=C(C)c1c(C)c(C)c(C)c(C)c1O. The lowest BCUT2D eigenvalue weighted by Gasteiger charge is -2.16. The van der Waals surface area contributed by atoms with Crippen LogP contribution in [0.2, 0.25) is 0 Å². The van der Waals surface area contributed by atoms with Crippen LogP contribution in [0.25, 0.3) is 0 Å². The van der Waals surface area contributed by atoms with Crippen LogP contribution in [0.15, 0.2) is 9.98 Å². The second kappa shape index (κ2) is 23.6. The molecule has 2 N–H and O–H groups in total. The molecule has 0 aliphatic carbocycles. The molecule has 0 aliphatic rings. The number of carboxylic acids is 1. The van der Waals surface area contributed by atoms with Gasteiger partial charge in [0.2, 0.25) is 0 Å². The highest BCUT2D eigenvalue weighted by atomic mass is 16.4. The fourth-order valence-electron chi connectivity index (χ4n) is 2.91. The zero-order chi connectivity index (χ0) is 36.2. The van der Waals surface area contributed by atoms with E-state index in [4.69, 9.17) is 9.90 Å². The molecule has 0 bridgehead atoms. The minimum Gasteiger partial charge on any atom is -0.507 e. The molecule has 1 rings (SSSR count). The van der Waals surface area contributed by atoms with E-state index in [0.717, 1.165) is 40.6 Å². The maximum atomic E-state index is 10.7. The lowest BCUT2D eigenvalue weighted by atomic mass is 9.91. The molecule has 0 amide bonds.